The monoisotopic (exact) mass is 148 g/mol. The normalized spacial score (nSPS) is 7.00. The average molecular weight is 148 g/mol. The maximum absolute atomic E-state index is 9.67. The van der Waals surface area contributed by atoms with Crippen LogP contribution in [0.4, 0.5) is 12.9 Å². The van der Waals surface area contributed by atoms with E-state index in [2.05, 4.69) is 4.37 Å². The van der Waals surface area contributed by atoms with Gasteiger partial charge in [0.25, 0.3) is 0 Å². The van der Waals surface area contributed by atoms with Gasteiger partial charge in [-0.15, -0.1) is 0 Å². The Morgan fingerprint density at radius 1 is 1.00 bits per heavy atom. The first-order valence-electron chi connectivity index (χ1n) is 1.88. The summed E-state index contributed by atoms with van der Waals surface area (Å²) in [4.78, 5) is 0. The van der Waals surface area contributed by atoms with E-state index in [4.69, 9.17) is 0 Å². The van der Waals surface area contributed by atoms with Crippen molar-refractivity contribution in [2.24, 2.45) is 0 Å². The van der Waals surface area contributed by atoms with Crippen molar-refractivity contribution in [3.05, 3.63) is 0 Å². The summed E-state index contributed by atoms with van der Waals surface area (Å²) in [6.07, 6.45) is 0. The first kappa shape index (κ1) is 15.9. The second kappa shape index (κ2) is 10.7. The standard InChI is InChI=1S/C3H9O.BF3.FH/c1-4(2)3;2-1(3)4;/h1-3H3;;1H/q+1;;/p-1. The van der Waals surface area contributed by atoms with Crippen LogP contribution in [0.5, 0.6) is 0 Å². The van der Waals surface area contributed by atoms with Crippen molar-refractivity contribution >= 4 is 7.54 Å². The lowest BCUT2D eigenvalue weighted by Crippen LogP contribution is -3.00. The van der Waals surface area contributed by atoms with Gasteiger partial charge in [-0.25, -0.2) is 0 Å². The van der Waals surface area contributed by atoms with Crippen molar-refractivity contribution in [1.82, 2.24) is 0 Å². The van der Waals surface area contributed by atoms with E-state index in [-0.39, 0.29) is 4.70 Å². The smallest absolute Gasteiger partial charge is 0.762 e. The number of halogens is 4. The highest BCUT2D eigenvalue weighted by molar-refractivity contribution is 6.33. The molecule has 58 valence electrons. The SMILES string of the molecule is C[O+](C)C.FB(F)F.[F-]. The van der Waals surface area contributed by atoms with E-state index in [0.29, 0.717) is 0 Å². The van der Waals surface area contributed by atoms with E-state index in [1.165, 1.54) is 0 Å². The summed E-state index contributed by atoms with van der Waals surface area (Å²) in [5, 5.41) is 0. The number of hydrogen-bond donors (Lipinski definition) is 0. The number of hydrogen-bond acceptors (Lipinski definition) is 0. The minimum atomic E-state index is -3.67. The Morgan fingerprint density at radius 2 is 1.00 bits per heavy atom. The molecule has 0 heterocycles. The van der Waals surface area contributed by atoms with Crippen LogP contribution in [0, 0.1) is 0 Å². The van der Waals surface area contributed by atoms with Crippen LogP contribution < -0.4 is 4.70 Å². The molecule has 0 aromatic carbocycles. The molecule has 0 spiro atoms. The maximum atomic E-state index is 9.67. The molecule has 6 heteroatoms. The van der Waals surface area contributed by atoms with Crippen molar-refractivity contribution in [2.45, 2.75) is 0 Å². The third-order valence-electron chi connectivity index (χ3n) is 0. The zero-order chi connectivity index (χ0) is 7.15. The lowest BCUT2D eigenvalue weighted by molar-refractivity contribution is -0.00282. The summed E-state index contributed by atoms with van der Waals surface area (Å²) in [6, 6.07) is 0. The molecule has 0 aromatic heterocycles. The highest BCUT2D eigenvalue weighted by Crippen LogP contribution is 1.80. The molecule has 0 radical (unpaired) electrons. The molecule has 0 rings (SSSR count). The predicted octanol–water partition coefficient (Wildman–Crippen LogP) is -1.69. The highest BCUT2D eigenvalue weighted by atomic mass is 19.4. The van der Waals surface area contributed by atoms with Crippen molar-refractivity contribution in [3.8, 4) is 0 Å². The van der Waals surface area contributed by atoms with E-state index >= 15 is 0 Å². The second-order valence-corrected chi connectivity index (χ2v) is 1.47. The van der Waals surface area contributed by atoms with E-state index in [1.54, 1.807) is 0 Å². The maximum Gasteiger partial charge on any atom is 0.762 e. The molecule has 0 aliphatic carbocycles. The van der Waals surface area contributed by atoms with Gasteiger partial charge in [-0.2, -0.15) is 0 Å². The lowest BCUT2D eigenvalue weighted by atomic mass is 10.5. The highest BCUT2D eigenvalue weighted by Gasteiger charge is 2.06. The van der Waals surface area contributed by atoms with Crippen molar-refractivity contribution in [3.63, 3.8) is 0 Å². The van der Waals surface area contributed by atoms with Gasteiger partial charge in [-0.1, -0.05) is 0 Å². The Kier molecular flexibility index (Phi) is 18.9. The molecule has 0 saturated heterocycles. The van der Waals surface area contributed by atoms with E-state index in [1.807, 2.05) is 21.3 Å². The van der Waals surface area contributed by atoms with Gasteiger partial charge in [-0.05, 0) is 0 Å². The fourth-order valence-electron chi connectivity index (χ4n) is 0. The molecule has 0 N–H and O–H groups in total. The van der Waals surface area contributed by atoms with E-state index in [9.17, 15) is 12.9 Å². The first-order chi connectivity index (χ1) is 3.46. The third-order valence-corrected chi connectivity index (χ3v) is 0. The van der Waals surface area contributed by atoms with Crippen molar-refractivity contribution < 1.29 is 22.0 Å². The number of rotatable bonds is 0. The second-order valence-electron chi connectivity index (χ2n) is 1.47. The fourth-order valence-corrected chi connectivity index (χ4v) is 0. The summed E-state index contributed by atoms with van der Waals surface area (Å²) >= 11 is 0. The van der Waals surface area contributed by atoms with Crippen LogP contribution in [0.1, 0.15) is 0 Å². The van der Waals surface area contributed by atoms with Crippen LogP contribution in [0.3, 0.4) is 0 Å². The summed E-state index contributed by atoms with van der Waals surface area (Å²) in [7, 11) is 2.08. The van der Waals surface area contributed by atoms with Crippen LogP contribution in [0.2, 0.25) is 0 Å². The predicted molar refractivity (Wildman–Crippen MR) is 27.9 cm³/mol. The molecule has 0 aliphatic rings. The van der Waals surface area contributed by atoms with Gasteiger partial charge >= 0.3 is 7.54 Å². The fraction of sp³-hybridized carbons (Fsp3) is 1.00. The Labute approximate surface area is 52.1 Å². The van der Waals surface area contributed by atoms with Gasteiger partial charge in [0.2, 0.25) is 0 Å². The molecule has 0 unspecified atom stereocenters. The van der Waals surface area contributed by atoms with Crippen molar-refractivity contribution in [2.75, 3.05) is 21.3 Å². The van der Waals surface area contributed by atoms with Crippen molar-refractivity contribution in [1.29, 1.82) is 0 Å². The topological polar surface area (TPSA) is 2.70 Å². The molecule has 9 heavy (non-hydrogen) atoms. The Balaban J connectivity index is -0.0000000720. The zero-order valence-corrected chi connectivity index (χ0v) is 5.50. The Morgan fingerprint density at radius 3 is 1.00 bits per heavy atom. The molecule has 0 amide bonds. The van der Waals surface area contributed by atoms with E-state index in [0.717, 1.165) is 0 Å². The summed E-state index contributed by atoms with van der Waals surface area (Å²) in [6.45, 7) is 0. The van der Waals surface area contributed by atoms with Gasteiger partial charge in [0.15, 0.2) is 0 Å². The van der Waals surface area contributed by atoms with Gasteiger partial charge in [0, 0.05) is 0 Å². The van der Waals surface area contributed by atoms with Crippen LogP contribution in [-0.2, 0) is 4.37 Å². The minimum absolute atomic E-state index is 0. The zero-order valence-electron chi connectivity index (χ0n) is 5.50. The van der Waals surface area contributed by atoms with Crippen LogP contribution >= 0.6 is 0 Å². The van der Waals surface area contributed by atoms with Crippen LogP contribution in [-0.4, -0.2) is 28.9 Å². The molecule has 0 aliphatic heterocycles. The first-order valence-corrected chi connectivity index (χ1v) is 1.88. The molecular weight excluding hydrogens is 139 g/mol. The minimum Gasteiger partial charge on any atom is -1.00 e. The molecule has 1 nitrogen and oxygen atoms in total. The molecule has 0 saturated carbocycles. The summed E-state index contributed by atoms with van der Waals surface area (Å²) in [5.41, 5.74) is 0. The lowest BCUT2D eigenvalue weighted by Gasteiger charge is -1.90. The van der Waals surface area contributed by atoms with Gasteiger partial charge in [0.1, 0.15) is 21.3 Å². The molecular formula is C3H9BF4O. The molecule has 0 fully saturated rings. The summed E-state index contributed by atoms with van der Waals surface area (Å²) in [5.74, 6) is 0. The van der Waals surface area contributed by atoms with Gasteiger partial charge < -0.3 is 9.07 Å². The third kappa shape index (κ3) is 3930. The van der Waals surface area contributed by atoms with Gasteiger partial charge in [0.05, 0.1) is 0 Å². The average Bonchev–Trinajstić information content (AvgIpc) is 1.25. The van der Waals surface area contributed by atoms with Crippen LogP contribution in [0.25, 0.3) is 0 Å². The van der Waals surface area contributed by atoms with Crippen LogP contribution in [0.15, 0.2) is 0 Å². The Bertz CT molecular complexity index is 31.3. The van der Waals surface area contributed by atoms with Gasteiger partial charge in [-0.3, -0.25) is 12.9 Å². The van der Waals surface area contributed by atoms with E-state index < -0.39 is 7.54 Å². The summed E-state index contributed by atoms with van der Waals surface area (Å²) < 4.78 is 31.6. The largest absolute Gasteiger partial charge is 1.00 e. The quantitative estimate of drug-likeness (QED) is 0.219. The molecule has 0 bridgehead atoms. The molecule has 0 aromatic rings. The molecule has 0 atom stereocenters. The Hall–Kier alpha value is -0.255.